The molecular weight excluding hydrogens is 356 g/mol. The maximum absolute atomic E-state index is 12.9. The first-order valence-electron chi connectivity index (χ1n) is 9.27. The summed E-state index contributed by atoms with van der Waals surface area (Å²) in [5.41, 5.74) is 6.83. The number of rotatable bonds is 3. The molecule has 2 N–H and O–H groups in total. The van der Waals surface area contributed by atoms with Crippen molar-refractivity contribution >= 4 is 11.7 Å². The van der Waals surface area contributed by atoms with Gasteiger partial charge in [0.15, 0.2) is 0 Å². The van der Waals surface area contributed by atoms with Gasteiger partial charge in [0.05, 0.1) is 5.69 Å². The van der Waals surface area contributed by atoms with Gasteiger partial charge in [-0.25, -0.2) is 19.0 Å². The van der Waals surface area contributed by atoms with Crippen molar-refractivity contribution in [2.45, 2.75) is 18.8 Å². The number of hydrogen-bond donors (Lipinski definition) is 1. The van der Waals surface area contributed by atoms with E-state index in [0.29, 0.717) is 30.3 Å². The third kappa shape index (κ3) is 3.28. The minimum Gasteiger partial charge on any atom is -0.384 e. The topological polar surface area (TPSA) is 99.0 Å². The number of para-hydroxylation sites is 1. The Morgan fingerprint density at radius 1 is 1.21 bits per heavy atom. The van der Waals surface area contributed by atoms with Gasteiger partial charge in [0.25, 0.3) is 5.91 Å². The predicted octanol–water partition coefficient (Wildman–Crippen LogP) is 1.57. The lowest BCUT2D eigenvalue weighted by Gasteiger charge is -2.32. The molecule has 0 saturated carbocycles. The van der Waals surface area contributed by atoms with Crippen LogP contribution in [-0.4, -0.2) is 43.2 Å². The zero-order valence-corrected chi connectivity index (χ0v) is 15.7. The highest BCUT2D eigenvalue weighted by atomic mass is 16.2. The fraction of sp³-hybridized carbons (Fsp3) is 0.300. The summed E-state index contributed by atoms with van der Waals surface area (Å²) in [7, 11) is 1.65. The molecule has 8 nitrogen and oxygen atoms in total. The van der Waals surface area contributed by atoms with Gasteiger partial charge in [0.2, 0.25) is 0 Å². The van der Waals surface area contributed by atoms with E-state index in [-0.39, 0.29) is 17.5 Å². The summed E-state index contributed by atoms with van der Waals surface area (Å²) in [4.78, 5) is 31.3. The zero-order chi connectivity index (χ0) is 19.7. The standard InChI is InChI=1S/C20H22N6O2/c1-24-20(28)26(16-7-3-2-4-8-16)18(23-24)15-6-5-11-25(13-15)19(27)14-9-10-22-17(21)12-14/h2-4,7-10,12,15H,5-6,11,13H2,1H3,(H2,21,22)/t15-/m1/s1. The van der Waals surface area contributed by atoms with Gasteiger partial charge in [-0.1, -0.05) is 18.2 Å². The number of benzene rings is 1. The maximum Gasteiger partial charge on any atom is 0.350 e. The molecule has 2 aromatic heterocycles. The minimum absolute atomic E-state index is 0.0222. The molecule has 3 heterocycles. The molecule has 0 spiro atoms. The third-order valence-electron chi connectivity index (χ3n) is 5.07. The second-order valence-corrected chi connectivity index (χ2v) is 7.00. The Kier molecular flexibility index (Phi) is 4.68. The first-order valence-corrected chi connectivity index (χ1v) is 9.27. The van der Waals surface area contributed by atoms with Crippen LogP contribution < -0.4 is 11.4 Å². The molecule has 28 heavy (non-hydrogen) atoms. The minimum atomic E-state index is -0.188. The van der Waals surface area contributed by atoms with Gasteiger partial charge >= 0.3 is 5.69 Å². The SMILES string of the molecule is Cn1nc([C@@H]2CCCN(C(=O)c3ccnc(N)c3)C2)n(-c2ccccc2)c1=O. The first kappa shape index (κ1) is 18.0. The summed E-state index contributed by atoms with van der Waals surface area (Å²) in [5, 5.41) is 4.49. The molecule has 1 aromatic carbocycles. The van der Waals surface area contributed by atoms with Crippen LogP contribution in [0.4, 0.5) is 5.82 Å². The van der Waals surface area contributed by atoms with Crippen LogP contribution in [0.1, 0.15) is 34.9 Å². The number of carbonyl (C=O) groups is 1. The number of nitrogens with two attached hydrogens (primary N) is 1. The van der Waals surface area contributed by atoms with E-state index < -0.39 is 0 Å². The summed E-state index contributed by atoms with van der Waals surface area (Å²) in [6, 6.07) is 12.7. The molecule has 1 atom stereocenters. The second-order valence-electron chi connectivity index (χ2n) is 7.00. The molecule has 1 amide bonds. The molecule has 3 aromatic rings. The van der Waals surface area contributed by atoms with Crippen molar-refractivity contribution in [3.8, 4) is 5.69 Å². The number of likely N-dealkylation sites (tertiary alicyclic amines) is 1. The van der Waals surface area contributed by atoms with Gasteiger partial charge in [-0.3, -0.25) is 4.79 Å². The molecular formula is C20H22N6O2. The summed E-state index contributed by atoms with van der Waals surface area (Å²) in [6.07, 6.45) is 3.25. The number of hydrogen-bond acceptors (Lipinski definition) is 5. The van der Waals surface area contributed by atoms with Crippen molar-refractivity contribution in [1.29, 1.82) is 0 Å². The van der Waals surface area contributed by atoms with Crippen LogP contribution in [-0.2, 0) is 7.05 Å². The van der Waals surface area contributed by atoms with E-state index in [2.05, 4.69) is 10.1 Å². The molecule has 1 fully saturated rings. The van der Waals surface area contributed by atoms with E-state index >= 15 is 0 Å². The van der Waals surface area contributed by atoms with Gasteiger partial charge in [0, 0.05) is 37.8 Å². The summed E-state index contributed by atoms with van der Waals surface area (Å²) in [5.74, 6) is 0.904. The number of pyridine rings is 1. The Bertz CT molecular complexity index is 1060. The predicted molar refractivity (Wildman–Crippen MR) is 105 cm³/mol. The Morgan fingerprint density at radius 3 is 2.75 bits per heavy atom. The van der Waals surface area contributed by atoms with Gasteiger partial charge in [-0.05, 0) is 37.1 Å². The molecule has 1 aliphatic heterocycles. The quantitative estimate of drug-likeness (QED) is 0.746. The molecule has 1 saturated heterocycles. The Labute approximate surface area is 162 Å². The van der Waals surface area contributed by atoms with Crippen molar-refractivity contribution in [1.82, 2.24) is 24.2 Å². The second kappa shape index (κ2) is 7.30. The molecule has 8 heteroatoms. The van der Waals surface area contributed by atoms with Crippen LogP contribution in [0.15, 0.2) is 53.5 Å². The smallest absolute Gasteiger partial charge is 0.350 e. The molecule has 4 rings (SSSR count). The number of nitrogens with zero attached hydrogens (tertiary/aromatic N) is 5. The van der Waals surface area contributed by atoms with Gasteiger partial charge < -0.3 is 10.6 Å². The third-order valence-corrected chi connectivity index (χ3v) is 5.07. The normalized spacial score (nSPS) is 16.9. The molecule has 0 unspecified atom stereocenters. The van der Waals surface area contributed by atoms with Crippen molar-refractivity contribution in [2.75, 3.05) is 18.8 Å². The number of aromatic nitrogens is 4. The van der Waals surface area contributed by atoms with E-state index in [1.807, 2.05) is 30.3 Å². The highest BCUT2D eigenvalue weighted by Crippen LogP contribution is 2.27. The number of nitrogen functional groups attached to an aromatic ring is 1. The van der Waals surface area contributed by atoms with Crippen molar-refractivity contribution < 1.29 is 4.79 Å². The average molecular weight is 378 g/mol. The Balaban J connectivity index is 1.65. The molecule has 0 aliphatic carbocycles. The molecule has 1 aliphatic rings. The number of aryl methyl sites for hydroxylation is 1. The summed E-state index contributed by atoms with van der Waals surface area (Å²) >= 11 is 0. The highest BCUT2D eigenvalue weighted by Gasteiger charge is 2.30. The van der Waals surface area contributed by atoms with Crippen molar-refractivity contribution in [3.63, 3.8) is 0 Å². The molecule has 0 radical (unpaired) electrons. The fourth-order valence-electron chi connectivity index (χ4n) is 3.70. The van der Waals surface area contributed by atoms with E-state index in [4.69, 9.17) is 5.73 Å². The van der Waals surface area contributed by atoms with Crippen LogP contribution >= 0.6 is 0 Å². The largest absolute Gasteiger partial charge is 0.384 e. The average Bonchev–Trinajstić information content (AvgIpc) is 3.03. The van der Waals surface area contributed by atoms with Gasteiger partial charge in [-0.15, -0.1) is 0 Å². The Hall–Kier alpha value is -3.42. The van der Waals surface area contributed by atoms with Gasteiger partial charge in [-0.2, -0.15) is 5.10 Å². The summed E-state index contributed by atoms with van der Waals surface area (Å²) in [6.45, 7) is 1.17. The number of anilines is 1. The number of amides is 1. The lowest BCUT2D eigenvalue weighted by atomic mass is 9.96. The van der Waals surface area contributed by atoms with Crippen LogP contribution in [0.2, 0.25) is 0 Å². The van der Waals surface area contributed by atoms with Crippen LogP contribution in [0.5, 0.6) is 0 Å². The van der Waals surface area contributed by atoms with Gasteiger partial charge in [0.1, 0.15) is 11.6 Å². The van der Waals surface area contributed by atoms with Crippen molar-refractivity contribution in [3.05, 3.63) is 70.5 Å². The lowest BCUT2D eigenvalue weighted by Crippen LogP contribution is -2.40. The van der Waals surface area contributed by atoms with Crippen LogP contribution in [0.3, 0.4) is 0 Å². The number of piperidine rings is 1. The summed E-state index contributed by atoms with van der Waals surface area (Å²) < 4.78 is 3.00. The highest BCUT2D eigenvalue weighted by molar-refractivity contribution is 5.94. The van der Waals surface area contributed by atoms with Crippen molar-refractivity contribution in [2.24, 2.45) is 7.05 Å². The maximum atomic E-state index is 12.9. The first-order chi connectivity index (χ1) is 13.5. The van der Waals surface area contributed by atoms with E-state index in [1.54, 1.807) is 28.6 Å². The van der Waals surface area contributed by atoms with Crippen LogP contribution in [0, 0.1) is 0 Å². The Morgan fingerprint density at radius 2 is 2.00 bits per heavy atom. The monoisotopic (exact) mass is 378 g/mol. The lowest BCUT2D eigenvalue weighted by molar-refractivity contribution is 0.0703. The van der Waals surface area contributed by atoms with E-state index in [0.717, 1.165) is 18.5 Å². The fourth-order valence-corrected chi connectivity index (χ4v) is 3.70. The van der Waals surface area contributed by atoms with E-state index in [9.17, 15) is 9.59 Å². The molecule has 144 valence electrons. The molecule has 0 bridgehead atoms. The van der Waals surface area contributed by atoms with Crippen LogP contribution in [0.25, 0.3) is 5.69 Å². The zero-order valence-electron chi connectivity index (χ0n) is 15.7. The van der Waals surface area contributed by atoms with E-state index in [1.165, 1.54) is 10.9 Å². The number of carbonyl (C=O) groups excluding carboxylic acids is 1.